The van der Waals surface area contributed by atoms with E-state index in [0.29, 0.717) is 0 Å². The topological polar surface area (TPSA) is 186 Å². The third-order valence-electron chi connectivity index (χ3n) is 10.4. The molecule has 3 rings (SSSR count). The van der Waals surface area contributed by atoms with Gasteiger partial charge in [-0.3, -0.25) is 24.6 Å². The Hall–Kier alpha value is -1.94. The summed E-state index contributed by atoms with van der Waals surface area (Å²) >= 11 is 16.8. The van der Waals surface area contributed by atoms with Gasteiger partial charge in [0.1, 0.15) is 0 Å². The van der Waals surface area contributed by atoms with E-state index in [4.69, 9.17) is 78.1 Å². The maximum Gasteiger partial charge on any atom is 0.305 e. The number of aliphatic hydroxyl groups is 1. The van der Waals surface area contributed by atoms with Crippen molar-refractivity contribution in [1.82, 2.24) is 0 Å². The standard InChI is InChI=1S/C13H20Cl3NO4.C13H22O5.C11H20O4/c1-5-9-6(2)7(3)10(19-8(4)18)11(20-9)21-12(17)13(14,15)16;1-6-11-7(2)8(3)12(16-9(4)14)13(18-11)17-10(5)15;1-5-9-6(2)7(3)10(11(13)15-9)14-8(4)12/h6-7,9-11,17H,5H2,1-4H3;7-8,11-13H,6H2,1-5H3;6-7,9-11,13H,5H2,1-4H3/t6-,7-,9?,10?,11+;7-,8-,11?,12?,13-;6-,7-,9?,10?,11+/m000/s1. The number of nitrogens with one attached hydrogen (secondary N) is 1. The first-order chi connectivity index (χ1) is 24.9. The highest BCUT2D eigenvalue weighted by Crippen LogP contribution is 2.38. The van der Waals surface area contributed by atoms with Gasteiger partial charge >= 0.3 is 23.9 Å². The third kappa shape index (κ3) is 14.9. The number of rotatable bonds is 8. The number of carbonyl (C=O) groups excluding carboxylic acids is 4. The average Bonchev–Trinajstić information content (AvgIpc) is 3.07. The van der Waals surface area contributed by atoms with Crippen molar-refractivity contribution < 1.29 is 62.2 Å². The lowest BCUT2D eigenvalue weighted by Crippen LogP contribution is -2.53. The molecule has 0 spiro atoms. The molecule has 3 heterocycles. The quantitative estimate of drug-likeness (QED) is 0.0847. The Labute approximate surface area is 335 Å². The van der Waals surface area contributed by atoms with Crippen LogP contribution in [0.25, 0.3) is 0 Å². The zero-order valence-electron chi connectivity index (χ0n) is 33.8. The van der Waals surface area contributed by atoms with Crippen LogP contribution in [0.3, 0.4) is 0 Å². The van der Waals surface area contributed by atoms with Crippen LogP contribution >= 0.6 is 34.8 Å². The number of aliphatic hydroxyl groups excluding tert-OH is 1. The van der Waals surface area contributed by atoms with Gasteiger partial charge in [-0.1, -0.05) is 97.1 Å². The summed E-state index contributed by atoms with van der Waals surface area (Å²) in [6.07, 6.45) is -2.08. The van der Waals surface area contributed by atoms with E-state index in [1.54, 1.807) is 0 Å². The monoisotopic (exact) mass is 833 g/mol. The van der Waals surface area contributed by atoms with Crippen molar-refractivity contribution in [2.75, 3.05) is 0 Å². The highest BCUT2D eigenvalue weighted by molar-refractivity contribution is 6.76. The number of carbonyl (C=O) groups is 4. The minimum absolute atomic E-state index is 0.0103. The highest BCUT2D eigenvalue weighted by atomic mass is 35.6. The molecule has 0 aliphatic carbocycles. The van der Waals surface area contributed by atoms with E-state index < -0.39 is 64.8 Å². The van der Waals surface area contributed by atoms with Crippen molar-refractivity contribution in [1.29, 1.82) is 5.41 Å². The van der Waals surface area contributed by atoms with E-state index in [1.807, 2.05) is 48.5 Å². The Bertz CT molecular complexity index is 1240. The SMILES string of the molecule is CCC1O[C@@H](O)C(OC(C)=O)[C@@H](C)[C@@H]1C.CCC1O[C@H](OC(=N)C(Cl)(Cl)Cl)C(OC(C)=O)[C@@H](C)[C@@H]1C.CCC1O[C@H](OC(C)=O)C(OC(C)=O)[C@@H](C)[C@@H]1C. The molecule has 0 aromatic rings. The fraction of sp³-hybridized carbons (Fsp3) is 0.865. The average molecular weight is 835 g/mol. The van der Waals surface area contributed by atoms with Crippen molar-refractivity contribution in [3.8, 4) is 0 Å². The molecule has 3 saturated heterocycles. The molecular formula is C37H62Cl3NO13. The van der Waals surface area contributed by atoms with Gasteiger partial charge in [0, 0.05) is 45.4 Å². The maximum absolute atomic E-state index is 11.3. The van der Waals surface area contributed by atoms with Crippen LogP contribution in [0, 0.1) is 40.9 Å². The van der Waals surface area contributed by atoms with Gasteiger partial charge in [-0.2, -0.15) is 0 Å². The number of halogens is 3. The number of hydrogen-bond donors (Lipinski definition) is 2. The summed E-state index contributed by atoms with van der Waals surface area (Å²) in [5, 5.41) is 17.4. The molecule has 0 radical (unpaired) electrons. The predicted octanol–water partition coefficient (Wildman–Crippen LogP) is 6.90. The molecule has 14 nitrogen and oxygen atoms in total. The fourth-order valence-corrected chi connectivity index (χ4v) is 6.94. The van der Waals surface area contributed by atoms with Gasteiger partial charge in [-0.15, -0.1) is 0 Å². The van der Waals surface area contributed by atoms with Crippen molar-refractivity contribution in [3.63, 3.8) is 0 Å². The molecule has 0 bridgehead atoms. The van der Waals surface area contributed by atoms with Gasteiger partial charge in [0.05, 0.1) is 18.3 Å². The second-order valence-electron chi connectivity index (χ2n) is 14.3. The van der Waals surface area contributed by atoms with Crippen LogP contribution in [0.15, 0.2) is 0 Å². The van der Waals surface area contributed by atoms with E-state index in [0.717, 1.165) is 19.3 Å². The lowest BCUT2D eigenvalue weighted by Gasteiger charge is -2.43. The van der Waals surface area contributed by atoms with Crippen LogP contribution in [-0.4, -0.2) is 94.2 Å². The number of hydrogen-bond acceptors (Lipinski definition) is 14. The van der Waals surface area contributed by atoms with Gasteiger partial charge in [0.2, 0.25) is 18.5 Å². The largest absolute Gasteiger partial charge is 0.457 e. The van der Waals surface area contributed by atoms with E-state index in [2.05, 4.69) is 13.8 Å². The summed E-state index contributed by atoms with van der Waals surface area (Å²) in [4.78, 5) is 44.4. The molecule has 0 saturated carbocycles. The summed E-state index contributed by atoms with van der Waals surface area (Å²) in [5.74, 6) is -1.35. The summed E-state index contributed by atoms with van der Waals surface area (Å²) in [6, 6.07) is 0. The lowest BCUT2D eigenvalue weighted by atomic mass is 9.82. The van der Waals surface area contributed by atoms with Crippen molar-refractivity contribution in [2.24, 2.45) is 35.5 Å². The number of alkyl halides is 3. The van der Waals surface area contributed by atoms with Gasteiger partial charge in [0.25, 0.3) is 3.79 Å². The Kier molecular flexibility index (Phi) is 21.1. The summed E-state index contributed by atoms with van der Waals surface area (Å²) in [6.45, 7) is 23.4. The molecule has 17 heteroatoms. The smallest absolute Gasteiger partial charge is 0.305 e. The highest BCUT2D eigenvalue weighted by Gasteiger charge is 2.47. The number of ether oxygens (including phenoxy) is 8. The maximum atomic E-state index is 11.3. The van der Waals surface area contributed by atoms with Crippen LogP contribution in [0.2, 0.25) is 0 Å². The second-order valence-corrected chi connectivity index (χ2v) is 16.6. The zero-order valence-corrected chi connectivity index (χ0v) is 36.0. The minimum atomic E-state index is -1.99. The molecule has 314 valence electrons. The predicted molar refractivity (Wildman–Crippen MR) is 202 cm³/mol. The summed E-state index contributed by atoms with van der Waals surface area (Å²) in [7, 11) is 0. The Balaban J connectivity index is 0.000000411. The normalized spacial score (nSPS) is 36.4. The van der Waals surface area contributed by atoms with E-state index in [1.165, 1.54) is 27.7 Å². The van der Waals surface area contributed by atoms with Gasteiger partial charge in [0.15, 0.2) is 24.6 Å². The van der Waals surface area contributed by atoms with Crippen molar-refractivity contribution in [2.45, 2.75) is 169 Å². The van der Waals surface area contributed by atoms with E-state index in [9.17, 15) is 24.3 Å². The molecule has 15 atom stereocenters. The lowest BCUT2D eigenvalue weighted by molar-refractivity contribution is -0.266. The van der Waals surface area contributed by atoms with E-state index >= 15 is 0 Å². The Morgan fingerprint density at radius 1 is 0.537 bits per heavy atom. The van der Waals surface area contributed by atoms with Crippen LogP contribution in [-0.2, 0) is 57.1 Å². The minimum Gasteiger partial charge on any atom is -0.457 e. The van der Waals surface area contributed by atoms with Gasteiger partial charge in [-0.05, 0) is 37.0 Å². The van der Waals surface area contributed by atoms with Gasteiger partial charge in [-0.25, -0.2) is 0 Å². The molecule has 0 amide bonds. The van der Waals surface area contributed by atoms with Crippen LogP contribution in [0.5, 0.6) is 0 Å². The van der Waals surface area contributed by atoms with Crippen LogP contribution < -0.4 is 0 Å². The first kappa shape index (κ1) is 50.1. The Morgan fingerprint density at radius 3 is 1.15 bits per heavy atom. The molecule has 3 aliphatic rings. The fourth-order valence-electron chi connectivity index (χ4n) is 6.80. The molecular weight excluding hydrogens is 773 g/mol. The third-order valence-corrected chi connectivity index (χ3v) is 11.0. The molecule has 0 aromatic heterocycles. The molecule has 3 fully saturated rings. The summed E-state index contributed by atoms with van der Waals surface area (Å²) < 4.78 is 40.9. The molecule has 54 heavy (non-hydrogen) atoms. The molecule has 3 aliphatic heterocycles. The molecule has 6 unspecified atom stereocenters. The Morgan fingerprint density at radius 2 is 0.833 bits per heavy atom. The summed E-state index contributed by atoms with van der Waals surface area (Å²) in [5.41, 5.74) is 0. The van der Waals surface area contributed by atoms with Crippen LogP contribution in [0.4, 0.5) is 0 Å². The zero-order chi connectivity index (χ0) is 41.8. The molecule has 2 N–H and O–H groups in total. The van der Waals surface area contributed by atoms with Gasteiger partial charge < -0.3 is 43.0 Å². The first-order valence-electron chi connectivity index (χ1n) is 18.6. The van der Waals surface area contributed by atoms with Crippen molar-refractivity contribution in [3.05, 3.63) is 0 Å². The first-order valence-corrected chi connectivity index (χ1v) is 19.7. The second kappa shape index (κ2) is 22.7. The van der Waals surface area contributed by atoms with Crippen molar-refractivity contribution >= 4 is 64.6 Å². The molecule has 0 aromatic carbocycles. The number of esters is 4. The van der Waals surface area contributed by atoms with Crippen LogP contribution in [0.1, 0.15) is 109 Å². The van der Waals surface area contributed by atoms with E-state index in [-0.39, 0.29) is 59.8 Å².